The second-order valence-corrected chi connectivity index (χ2v) is 6.76. The van der Waals surface area contributed by atoms with Crippen molar-refractivity contribution >= 4 is 22.7 Å². The number of nitrogens with zero attached hydrogens (tertiary/aromatic N) is 4. The van der Waals surface area contributed by atoms with Crippen LogP contribution in [0.3, 0.4) is 0 Å². The van der Waals surface area contributed by atoms with Gasteiger partial charge in [-0.2, -0.15) is 0 Å². The number of hydrogen-bond acceptors (Lipinski definition) is 7. The van der Waals surface area contributed by atoms with Gasteiger partial charge >= 0.3 is 0 Å². The van der Waals surface area contributed by atoms with Gasteiger partial charge < -0.3 is 15.8 Å². The van der Waals surface area contributed by atoms with Crippen LogP contribution in [0, 0.1) is 6.92 Å². The van der Waals surface area contributed by atoms with Crippen LogP contribution in [0.1, 0.15) is 31.2 Å². The van der Waals surface area contributed by atoms with Crippen molar-refractivity contribution in [2.45, 2.75) is 44.8 Å². The van der Waals surface area contributed by atoms with E-state index in [-0.39, 0.29) is 6.10 Å². The summed E-state index contributed by atoms with van der Waals surface area (Å²) in [5, 5.41) is 3.41. The van der Waals surface area contributed by atoms with Crippen LogP contribution in [-0.4, -0.2) is 32.1 Å². The number of rotatable bonds is 4. The fraction of sp³-hybridized carbons (Fsp3) is 0.368. The van der Waals surface area contributed by atoms with Crippen LogP contribution in [0.4, 0.5) is 11.6 Å². The SMILES string of the molecule is Cc1cnc(NC2CCC(Oc3cc(N)cc4nccnc34)CC2)nc1. The predicted octanol–water partition coefficient (Wildman–Crippen LogP) is 3.11. The molecule has 1 saturated carbocycles. The van der Waals surface area contributed by atoms with Gasteiger partial charge in [0, 0.05) is 42.6 Å². The summed E-state index contributed by atoms with van der Waals surface area (Å²) in [5.41, 5.74) is 9.19. The molecule has 26 heavy (non-hydrogen) atoms. The maximum absolute atomic E-state index is 6.22. The highest BCUT2D eigenvalue weighted by Gasteiger charge is 2.23. The Hall–Kier alpha value is -2.96. The Morgan fingerprint density at radius 3 is 2.50 bits per heavy atom. The minimum absolute atomic E-state index is 0.152. The van der Waals surface area contributed by atoms with E-state index in [1.165, 1.54) is 0 Å². The maximum atomic E-state index is 6.22. The van der Waals surface area contributed by atoms with E-state index in [2.05, 4.69) is 25.3 Å². The largest absolute Gasteiger partial charge is 0.488 e. The highest BCUT2D eigenvalue weighted by Crippen LogP contribution is 2.30. The van der Waals surface area contributed by atoms with Crippen LogP contribution in [0.25, 0.3) is 11.0 Å². The van der Waals surface area contributed by atoms with Crippen molar-refractivity contribution in [3.05, 3.63) is 42.5 Å². The molecule has 0 unspecified atom stereocenters. The Balaban J connectivity index is 1.39. The standard InChI is InChI=1S/C19H22N6O/c1-12-10-23-19(24-11-12)25-14-2-4-15(5-3-14)26-17-9-13(20)8-16-18(17)22-7-6-21-16/h6-11,14-15H,2-5,20H2,1H3,(H,23,24,25). The lowest BCUT2D eigenvalue weighted by Gasteiger charge is -2.29. The number of aromatic nitrogens is 4. The molecule has 3 aromatic rings. The fourth-order valence-corrected chi connectivity index (χ4v) is 3.31. The summed E-state index contributed by atoms with van der Waals surface area (Å²) < 4.78 is 6.22. The van der Waals surface area contributed by atoms with Crippen molar-refractivity contribution in [2.24, 2.45) is 0 Å². The van der Waals surface area contributed by atoms with Gasteiger partial charge in [-0.3, -0.25) is 4.98 Å². The molecule has 1 aliphatic rings. The van der Waals surface area contributed by atoms with E-state index in [1.807, 2.05) is 31.5 Å². The number of fused-ring (bicyclic) bond motifs is 1. The topological polar surface area (TPSA) is 98.8 Å². The molecule has 1 aliphatic carbocycles. The minimum atomic E-state index is 0.152. The van der Waals surface area contributed by atoms with Crippen LogP contribution in [0.15, 0.2) is 36.9 Å². The molecule has 0 amide bonds. The third-order valence-corrected chi connectivity index (χ3v) is 4.64. The third kappa shape index (κ3) is 3.66. The molecule has 1 fully saturated rings. The summed E-state index contributed by atoms with van der Waals surface area (Å²) in [4.78, 5) is 17.3. The third-order valence-electron chi connectivity index (χ3n) is 4.64. The van der Waals surface area contributed by atoms with Gasteiger partial charge in [-0.1, -0.05) is 0 Å². The predicted molar refractivity (Wildman–Crippen MR) is 101 cm³/mol. The quantitative estimate of drug-likeness (QED) is 0.697. The zero-order chi connectivity index (χ0) is 17.9. The molecule has 0 radical (unpaired) electrons. The van der Waals surface area contributed by atoms with Gasteiger partial charge in [0.25, 0.3) is 0 Å². The van der Waals surface area contributed by atoms with Gasteiger partial charge in [-0.25, -0.2) is 15.0 Å². The number of hydrogen-bond donors (Lipinski definition) is 2. The number of ether oxygens (including phenoxy) is 1. The highest BCUT2D eigenvalue weighted by molar-refractivity contribution is 5.84. The molecule has 134 valence electrons. The first-order valence-electron chi connectivity index (χ1n) is 8.89. The van der Waals surface area contributed by atoms with Gasteiger partial charge in [0.1, 0.15) is 11.3 Å². The van der Waals surface area contributed by atoms with Crippen molar-refractivity contribution in [1.82, 2.24) is 19.9 Å². The highest BCUT2D eigenvalue weighted by atomic mass is 16.5. The molecule has 0 aliphatic heterocycles. The minimum Gasteiger partial charge on any atom is -0.488 e. The van der Waals surface area contributed by atoms with E-state index in [9.17, 15) is 0 Å². The maximum Gasteiger partial charge on any atom is 0.222 e. The number of nitrogen functional groups attached to an aromatic ring is 1. The Labute approximate surface area is 152 Å². The zero-order valence-corrected chi connectivity index (χ0v) is 14.7. The first-order valence-corrected chi connectivity index (χ1v) is 8.89. The van der Waals surface area contributed by atoms with Crippen LogP contribution in [0.5, 0.6) is 5.75 Å². The zero-order valence-electron chi connectivity index (χ0n) is 14.7. The fourth-order valence-electron chi connectivity index (χ4n) is 3.31. The number of benzene rings is 1. The molecule has 1 aromatic carbocycles. The van der Waals surface area contributed by atoms with Crippen molar-refractivity contribution in [1.29, 1.82) is 0 Å². The number of aryl methyl sites for hydroxylation is 1. The van der Waals surface area contributed by atoms with E-state index < -0.39 is 0 Å². The number of anilines is 2. The number of nitrogens with two attached hydrogens (primary N) is 1. The average Bonchev–Trinajstić information content (AvgIpc) is 2.65. The van der Waals surface area contributed by atoms with E-state index in [0.717, 1.165) is 42.3 Å². The molecular formula is C19H22N6O. The van der Waals surface area contributed by atoms with Crippen LogP contribution in [-0.2, 0) is 0 Å². The van der Waals surface area contributed by atoms with Crippen molar-refractivity contribution in [3.8, 4) is 5.75 Å². The molecule has 0 bridgehead atoms. The lowest BCUT2D eigenvalue weighted by molar-refractivity contribution is 0.152. The van der Waals surface area contributed by atoms with Crippen LogP contribution in [0.2, 0.25) is 0 Å². The molecule has 2 heterocycles. The summed E-state index contributed by atoms with van der Waals surface area (Å²) in [6.07, 6.45) is 11.1. The second kappa shape index (κ2) is 7.11. The Morgan fingerprint density at radius 1 is 1.00 bits per heavy atom. The van der Waals surface area contributed by atoms with Gasteiger partial charge in [-0.05, 0) is 44.2 Å². The van der Waals surface area contributed by atoms with E-state index in [4.69, 9.17) is 10.5 Å². The first-order chi connectivity index (χ1) is 12.7. The van der Waals surface area contributed by atoms with Crippen LogP contribution >= 0.6 is 0 Å². The monoisotopic (exact) mass is 350 g/mol. The lowest BCUT2D eigenvalue weighted by Crippen LogP contribution is -2.31. The Morgan fingerprint density at radius 2 is 1.73 bits per heavy atom. The van der Waals surface area contributed by atoms with Gasteiger partial charge in [-0.15, -0.1) is 0 Å². The van der Waals surface area contributed by atoms with Crippen molar-refractivity contribution in [3.63, 3.8) is 0 Å². The molecule has 3 N–H and O–H groups in total. The molecule has 0 spiro atoms. The second-order valence-electron chi connectivity index (χ2n) is 6.76. The van der Waals surface area contributed by atoms with Gasteiger partial charge in [0.05, 0.1) is 11.6 Å². The Kier molecular flexibility index (Phi) is 4.51. The summed E-state index contributed by atoms with van der Waals surface area (Å²) in [5.74, 6) is 1.41. The first kappa shape index (κ1) is 16.5. The normalized spacial score (nSPS) is 20.0. The van der Waals surface area contributed by atoms with Gasteiger partial charge in [0.15, 0.2) is 0 Å². The summed E-state index contributed by atoms with van der Waals surface area (Å²) >= 11 is 0. The van der Waals surface area contributed by atoms with E-state index >= 15 is 0 Å². The van der Waals surface area contributed by atoms with E-state index in [0.29, 0.717) is 23.4 Å². The molecule has 0 atom stereocenters. The molecule has 7 heteroatoms. The van der Waals surface area contributed by atoms with Crippen molar-refractivity contribution in [2.75, 3.05) is 11.1 Å². The summed E-state index contributed by atoms with van der Waals surface area (Å²) in [6.45, 7) is 1.98. The summed E-state index contributed by atoms with van der Waals surface area (Å²) in [6, 6.07) is 4.02. The smallest absolute Gasteiger partial charge is 0.222 e. The molecule has 2 aromatic heterocycles. The summed E-state index contributed by atoms with van der Waals surface area (Å²) in [7, 11) is 0. The molecular weight excluding hydrogens is 328 g/mol. The van der Waals surface area contributed by atoms with Crippen molar-refractivity contribution < 1.29 is 4.74 Å². The van der Waals surface area contributed by atoms with Crippen LogP contribution < -0.4 is 15.8 Å². The molecule has 4 rings (SSSR count). The Bertz CT molecular complexity index is 890. The van der Waals surface area contributed by atoms with Gasteiger partial charge in [0.2, 0.25) is 5.95 Å². The lowest BCUT2D eigenvalue weighted by atomic mass is 9.93. The molecule has 7 nitrogen and oxygen atoms in total. The average molecular weight is 350 g/mol. The molecule has 0 saturated heterocycles. The number of nitrogens with one attached hydrogen (secondary N) is 1. The van der Waals surface area contributed by atoms with E-state index in [1.54, 1.807) is 12.4 Å².